The molecule has 0 radical (unpaired) electrons. The predicted octanol–water partition coefficient (Wildman–Crippen LogP) is 4.76. The van der Waals surface area contributed by atoms with E-state index in [4.69, 9.17) is 15.2 Å². The lowest BCUT2D eigenvalue weighted by atomic mass is 9.89. The van der Waals surface area contributed by atoms with Crippen molar-refractivity contribution in [2.45, 2.75) is 78.4 Å². The predicted molar refractivity (Wildman–Crippen MR) is 140 cm³/mol. The van der Waals surface area contributed by atoms with Crippen molar-refractivity contribution in [3.63, 3.8) is 0 Å². The van der Waals surface area contributed by atoms with Gasteiger partial charge in [0.15, 0.2) is 0 Å². The highest BCUT2D eigenvalue weighted by molar-refractivity contribution is 5.81. The largest absolute Gasteiger partial charge is 0.459 e. The van der Waals surface area contributed by atoms with Crippen molar-refractivity contribution in [2.24, 2.45) is 23.5 Å². The Morgan fingerprint density at radius 3 is 1.86 bits per heavy atom. The molecule has 5 atom stereocenters. The van der Waals surface area contributed by atoms with Gasteiger partial charge in [-0.2, -0.15) is 0 Å². The molecule has 2 rings (SSSR count). The molecule has 3 N–H and O–H groups in total. The van der Waals surface area contributed by atoms with E-state index in [0.29, 0.717) is 25.3 Å². The van der Waals surface area contributed by atoms with E-state index in [1.54, 1.807) is 6.92 Å². The number of alkyl carbamates (subject to hydrolysis) is 1. The topological polar surface area (TPSA) is 143 Å². The van der Waals surface area contributed by atoms with Crippen LogP contribution < -0.4 is 11.1 Å². The van der Waals surface area contributed by atoms with Gasteiger partial charge < -0.3 is 30.0 Å². The Morgan fingerprint density at radius 1 is 0.944 bits per heavy atom. The Kier molecular flexibility index (Phi) is 17.6. The normalized spacial score (nSPS) is 20.6. The van der Waals surface area contributed by atoms with Crippen LogP contribution in [0.1, 0.15) is 69.1 Å². The maximum atomic E-state index is 11.8. The van der Waals surface area contributed by atoms with Gasteiger partial charge in [0.2, 0.25) is 0 Å². The van der Waals surface area contributed by atoms with Crippen molar-refractivity contribution in [1.29, 1.82) is 0 Å². The molecule has 0 spiro atoms. The quantitative estimate of drug-likeness (QED) is 0.215. The number of rotatable bonds is 12. The zero-order chi connectivity index (χ0) is 27.5. The van der Waals surface area contributed by atoms with E-state index in [1.807, 2.05) is 20.8 Å². The first kappa shape index (κ1) is 33.0. The number of nitrogens with two attached hydrogens (primary N) is 1. The summed E-state index contributed by atoms with van der Waals surface area (Å²) >= 11 is 0. The first-order valence-electron chi connectivity index (χ1n) is 12.7. The summed E-state index contributed by atoms with van der Waals surface area (Å²) in [6.45, 7) is 15.0. The molecule has 0 aromatic carbocycles. The summed E-state index contributed by atoms with van der Waals surface area (Å²) in [5, 5.41) is 2.85. The highest BCUT2D eigenvalue weighted by Gasteiger charge is 2.39. The van der Waals surface area contributed by atoms with Gasteiger partial charge in [-0.3, -0.25) is 0 Å². The molecule has 5 unspecified atom stereocenters. The van der Waals surface area contributed by atoms with Crippen LogP contribution in [0.15, 0.2) is 25.3 Å². The summed E-state index contributed by atoms with van der Waals surface area (Å²) < 4.78 is 19.5. The van der Waals surface area contributed by atoms with Crippen LogP contribution in [-0.2, 0) is 28.5 Å². The van der Waals surface area contributed by atoms with E-state index in [9.17, 15) is 19.2 Å². The van der Waals surface area contributed by atoms with E-state index in [0.717, 1.165) is 24.0 Å². The molecule has 2 amide bonds. The fraction of sp³-hybridized carbons (Fsp3) is 0.692. The van der Waals surface area contributed by atoms with Crippen LogP contribution in [-0.4, -0.2) is 56.1 Å². The average molecular weight is 517 g/mol. The summed E-state index contributed by atoms with van der Waals surface area (Å²) in [6, 6.07) is 0. The Hall–Kier alpha value is -3.04. The summed E-state index contributed by atoms with van der Waals surface area (Å²) in [6.07, 6.45) is 6.32. The number of primary amides is 1. The Morgan fingerprint density at radius 2 is 1.47 bits per heavy atom. The third kappa shape index (κ3) is 13.7. The van der Waals surface area contributed by atoms with Crippen molar-refractivity contribution in [3.8, 4) is 0 Å². The van der Waals surface area contributed by atoms with Gasteiger partial charge in [0, 0.05) is 21.6 Å². The van der Waals surface area contributed by atoms with Crippen LogP contribution in [0, 0.1) is 17.8 Å². The fourth-order valence-electron chi connectivity index (χ4n) is 4.14. The van der Waals surface area contributed by atoms with Gasteiger partial charge in [-0.05, 0) is 49.9 Å². The molecule has 2 bridgehead atoms. The number of nitrogens with one attached hydrogen (secondary N) is 1. The summed E-state index contributed by atoms with van der Waals surface area (Å²) in [4.78, 5) is 43.7. The highest BCUT2D eigenvalue weighted by atomic mass is 16.6. The standard InChI is InChI=1S/C16H25NO4.C8H13NO4.C2H6.2H2/c1-3-14(10-20-15(18)4-2)21-16(19)17-9-13-8-11-5-6-12(13)7-11;1-3-6(13-8(9)11)5-12-7(10)4-2;1-2;;/h4,11-14H,2-3,5-10H2,1H3,(H,17,19);4,6H,2-3,5H2,1H3,(H2,9,11);1-2H3;2*1H. The molecule has 2 aliphatic carbocycles. The van der Waals surface area contributed by atoms with Gasteiger partial charge in [0.05, 0.1) is 0 Å². The van der Waals surface area contributed by atoms with Crippen molar-refractivity contribution in [2.75, 3.05) is 19.8 Å². The SMILES string of the molecule is C=CC(=O)OCC(CC)OC(=O)NCC1CC2CCC1C2.C=CC(=O)OCC(CC)OC(N)=O.CC.[HH].[HH]. The number of esters is 2. The maximum absolute atomic E-state index is 11.8. The molecular formula is C26H48N2O8. The van der Waals surface area contributed by atoms with E-state index in [-0.39, 0.29) is 16.1 Å². The van der Waals surface area contributed by atoms with E-state index in [2.05, 4.69) is 27.9 Å². The Bertz CT molecular complexity index is 723. The lowest BCUT2D eigenvalue weighted by Gasteiger charge is -2.22. The minimum Gasteiger partial charge on any atom is -0.459 e. The van der Waals surface area contributed by atoms with E-state index >= 15 is 0 Å². The molecule has 36 heavy (non-hydrogen) atoms. The van der Waals surface area contributed by atoms with Crippen LogP contribution in [0.25, 0.3) is 0 Å². The number of carbonyl (C=O) groups excluding carboxylic acids is 4. The van der Waals surface area contributed by atoms with Crippen molar-refractivity contribution < 1.29 is 41.0 Å². The summed E-state index contributed by atoms with van der Waals surface area (Å²) in [5.74, 6) is 1.21. The van der Waals surface area contributed by atoms with E-state index in [1.165, 1.54) is 25.7 Å². The second kappa shape index (κ2) is 19.2. The van der Waals surface area contributed by atoms with Gasteiger partial charge >= 0.3 is 24.1 Å². The zero-order valence-corrected chi connectivity index (χ0v) is 22.2. The third-order valence-electron chi connectivity index (χ3n) is 6.02. The molecule has 0 heterocycles. The van der Waals surface area contributed by atoms with Crippen LogP contribution in [0.2, 0.25) is 0 Å². The van der Waals surface area contributed by atoms with Crippen LogP contribution in [0.4, 0.5) is 9.59 Å². The Labute approximate surface area is 217 Å². The highest BCUT2D eigenvalue weighted by Crippen LogP contribution is 2.47. The van der Waals surface area contributed by atoms with Crippen molar-refractivity contribution >= 4 is 24.1 Å². The number of ether oxygens (including phenoxy) is 4. The zero-order valence-electron chi connectivity index (χ0n) is 22.2. The first-order chi connectivity index (χ1) is 17.2. The summed E-state index contributed by atoms with van der Waals surface area (Å²) in [7, 11) is 0. The molecule has 10 heteroatoms. The molecule has 2 fully saturated rings. The molecular weight excluding hydrogens is 468 g/mol. The average Bonchev–Trinajstić information content (AvgIpc) is 3.52. The number of amides is 2. The first-order valence-corrected chi connectivity index (χ1v) is 12.7. The van der Waals surface area contributed by atoms with Crippen LogP contribution >= 0.6 is 0 Å². The number of hydrogen-bond donors (Lipinski definition) is 2. The van der Waals surface area contributed by atoms with Crippen LogP contribution in [0.5, 0.6) is 0 Å². The number of fused-ring (bicyclic) bond motifs is 2. The monoisotopic (exact) mass is 516 g/mol. The lowest BCUT2D eigenvalue weighted by molar-refractivity contribution is -0.141. The smallest absolute Gasteiger partial charge is 0.407 e. The molecule has 0 aromatic heterocycles. The van der Waals surface area contributed by atoms with Crippen LogP contribution in [0.3, 0.4) is 0 Å². The second-order valence-corrected chi connectivity index (χ2v) is 8.39. The molecule has 0 aliphatic heterocycles. The molecule has 0 aromatic rings. The van der Waals surface area contributed by atoms with E-state index < -0.39 is 36.3 Å². The van der Waals surface area contributed by atoms with Crippen molar-refractivity contribution in [1.82, 2.24) is 5.32 Å². The third-order valence-corrected chi connectivity index (χ3v) is 6.02. The number of carbonyl (C=O) groups is 4. The minimum absolute atomic E-state index is 0. The van der Waals surface area contributed by atoms with Gasteiger partial charge in [-0.1, -0.05) is 47.3 Å². The van der Waals surface area contributed by atoms with Gasteiger partial charge in [-0.15, -0.1) is 0 Å². The molecule has 2 aliphatic rings. The fourth-order valence-corrected chi connectivity index (χ4v) is 4.14. The second-order valence-electron chi connectivity index (χ2n) is 8.39. The molecule has 10 nitrogen and oxygen atoms in total. The maximum Gasteiger partial charge on any atom is 0.407 e. The van der Waals surface area contributed by atoms with Gasteiger partial charge in [0.1, 0.15) is 25.4 Å². The molecule has 0 saturated heterocycles. The molecule has 210 valence electrons. The summed E-state index contributed by atoms with van der Waals surface area (Å²) in [5.41, 5.74) is 4.79. The molecule has 2 saturated carbocycles. The number of hydrogen-bond acceptors (Lipinski definition) is 8. The minimum atomic E-state index is -0.874. The van der Waals surface area contributed by atoms with Gasteiger partial charge in [0.25, 0.3) is 0 Å². The Balaban J connectivity index is -0.000000631. The van der Waals surface area contributed by atoms with Crippen molar-refractivity contribution in [3.05, 3.63) is 25.3 Å². The lowest BCUT2D eigenvalue weighted by Crippen LogP contribution is -2.35. The van der Waals surface area contributed by atoms with Gasteiger partial charge in [-0.25, -0.2) is 19.2 Å².